The van der Waals surface area contributed by atoms with Crippen LogP contribution in [0.25, 0.3) is 0 Å². The van der Waals surface area contributed by atoms with E-state index in [-0.39, 0.29) is 10.8 Å². The Labute approximate surface area is 206 Å². The van der Waals surface area contributed by atoms with Gasteiger partial charge in [-0.25, -0.2) is 8.42 Å². The first-order valence-corrected chi connectivity index (χ1v) is 13.9. The van der Waals surface area contributed by atoms with Crippen LogP contribution in [0.1, 0.15) is 41.3 Å². The monoisotopic (exact) mass is 494 g/mol. The number of nitrogens with one attached hydrogen (secondary N) is 1. The topological polar surface area (TPSA) is 66.5 Å². The summed E-state index contributed by atoms with van der Waals surface area (Å²) in [7, 11) is -3.61. The highest BCUT2D eigenvalue weighted by Gasteiger charge is 2.29. The number of thioether (sulfide) groups is 1. The lowest BCUT2D eigenvalue weighted by molar-refractivity contribution is 0.102. The fourth-order valence-corrected chi connectivity index (χ4v) is 6.32. The van der Waals surface area contributed by atoms with E-state index in [1.807, 2.05) is 49.4 Å². The van der Waals surface area contributed by atoms with E-state index >= 15 is 0 Å². The van der Waals surface area contributed by atoms with E-state index in [1.54, 1.807) is 23.9 Å². The Morgan fingerprint density at radius 1 is 1.00 bits per heavy atom. The zero-order chi connectivity index (χ0) is 24.1. The molecule has 34 heavy (non-hydrogen) atoms. The molecule has 0 atom stereocenters. The van der Waals surface area contributed by atoms with Crippen LogP contribution in [0.15, 0.2) is 82.6 Å². The van der Waals surface area contributed by atoms with Gasteiger partial charge in [-0.2, -0.15) is 4.31 Å². The molecular formula is C27H30N2O3S2. The Kier molecular flexibility index (Phi) is 7.76. The smallest absolute Gasteiger partial charge is 0.255 e. The molecule has 1 fully saturated rings. The second-order valence-corrected chi connectivity index (χ2v) is 11.8. The summed E-state index contributed by atoms with van der Waals surface area (Å²) in [4.78, 5) is 14.4. The Balaban J connectivity index is 1.43. The summed E-state index contributed by atoms with van der Waals surface area (Å²) in [5, 5.41) is 2.91. The molecule has 0 aromatic heterocycles. The van der Waals surface area contributed by atoms with Crippen molar-refractivity contribution >= 4 is 33.4 Å². The lowest BCUT2D eigenvalue weighted by atomic mass is 10.0. The number of hydrogen-bond donors (Lipinski definition) is 1. The fourth-order valence-electron chi connectivity index (χ4n) is 3.95. The number of aryl methyl sites for hydroxylation is 1. The molecule has 0 spiro atoms. The molecule has 5 nitrogen and oxygen atoms in total. The number of carbonyl (C=O) groups excluding carboxylic acids is 1. The van der Waals surface area contributed by atoms with Crippen LogP contribution >= 0.6 is 11.8 Å². The van der Waals surface area contributed by atoms with Crippen LogP contribution in [0.5, 0.6) is 0 Å². The summed E-state index contributed by atoms with van der Waals surface area (Å²) in [6.07, 6.45) is 1.72. The SMILES string of the molecule is Cc1ccc(S(=O)(=O)N2CCC(C)CC2)cc1C(=O)Nc1ccc(CSc2ccccc2)cc1. The van der Waals surface area contributed by atoms with Gasteiger partial charge in [-0.15, -0.1) is 11.8 Å². The lowest BCUT2D eigenvalue weighted by Crippen LogP contribution is -2.38. The number of amides is 1. The van der Waals surface area contributed by atoms with Gasteiger partial charge in [0.2, 0.25) is 10.0 Å². The van der Waals surface area contributed by atoms with Crippen LogP contribution in [0.4, 0.5) is 5.69 Å². The summed E-state index contributed by atoms with van der Waals surface area (Å²) in [5.74, 6) is 1.06. The molecule has 1 heterocycles. The zero-order valence-electron chi connectivity index (χ0n) is 19.5. The highest BCUT2D eigenvalue weighted by atomic mass is 32.2. The van der Waals surface area contributed by atoms with Crippen LogP contribution < -0.4 is 5.32 Å². The van der Waals surface area contributed by atoms with Gasteiger partial charge in [-0.1, -0.05) is 43.3 Å². The minimum Gasteiger partial charge on any atom is -0.322 e. The minimum atomic E-state index is -3.61. The van der Waals surface area contributed by atoms with E-state index in [0.717, 1.165) is 29.7 Å². The van der Waals surface area contributed by atoms with Crippen molar-refractivity contribution in [3.8, 4) is 0 Å². The molecule has 0 radical (unpaired) electrons. The number of nitrogens with zero attached hydrogens (tertiary/aromatic N) is 1. The van der Waals surface area contributed by atoms with Crippen LogP contribution in [-0.4, -0.2) is 31.7 Å². The maximum atomic E-state index is 13.1. The van der Waals surface area contributed by atoms with Crippen molar-refractivity contribution in [2.45, 2.75) is 42.2 Å². The first kappa shape index (κ1) is 24.5. The van der Waals surface area contributed by atoms with Crippen LogP contribution in [-0.2, 0) is 15.8 Å². The molecule has 0 unspecified atom stereocenters. The second-order valence-electron chi connectivity index (χ2n) is 8.82. The molecule has 7 heteroatoms. The van der Waals surface area contributed by atoms with Gasteiger partial charge >= 0.3 is 0 Å². The van der Waals surface area contributed by atoms with E-state index in [2.05, 4.69) is 24.4 Å². The van der Waals surface area contributed by atoms with Gasteiger partial charge in [0.1, 0.15) is 0 Å². The van der Waals surface area contributed by atoms with Gasteiger partial charge in [-0.3, -0.25) is 4.79 Å². The number of rotatable bonds is 7. The maximum absolute atomic E-state index is 13.1. The number of piperidine rings is 1. The molecule has 178 valence electrons. The predicted molar refractivity (Wildman–Crippen MR) is 139 cm³/mol. The standard InChI is InChI=1S/C27H30N2O3S2/c1-20-14-16-29(17-15-20)34(31,32)25-13-8-21(2)26(18-25)27(30)28-23-11-9-22(10-12-23)19-33-24-6-4-3-5-7-24/h3-13,18,20H,14-17,19H2,1-2H3,(H,28,30). The number of sulfonamides is 1. The van der Waals surface area contributed by atoms with Crippen molar-refractivity contribution in [1.82, 2.24) is 4.31 Å². The molecule has 1 N–H and O–H groups in total. The van der Waals surface area contributed by atoms with Crippen molar-refractivity contribution in [2.75, 3.05) is 18.4 Å². The van der Waals surface area contributed by atoms with E-state index in [1.165, 1.54) is 15.3 Å². The highest BCUT2D eigenvalue weighted by Crippen LogP contribution is 2.26. The van der Waals surface area contributed by atoms with Crippen molar-refractivity contribution in [3.05, 3.63) is 89.5 Å². The van der Waals surface area contributed by atoms with E-state index in [4.69, 9.17) is 0 Å². The molecular weight excluding hydrogens is 464 g/mol. The number of benzene rings is 3. The molecule has 0 bridgehead atoms. The maximum Gasteiger partial charge on any atom is 0.255 e. The summed E-state index contributed by atoms with van der Waals surface area (Å²) >= 11 is 1.76. The largest absolute Gasteiger partial charge is 0.322 e. The van der Waals surface area contributed by atoms with Gasteiger partial charge in [0.15, 0.2) is 0 Å². The average molecular weight is 495 g/mol. The lowest BCUT2D eigenvalue weighted by Gasteiger charge is -2.29. The summed E-state index contributed by atoms with van der Waals surface area (Å²) in [6.45, 7) is 5.01. The normalized spacial score (nSPS) is 15.2. The molecule has 4 rings (SSSR count). The first-order chi connectivity index (χ1) is 16.3. The number of carbonyl (C=O) groups is 1. The highest BCUT2D eigenvalue weighted by molar-refractivity contribution is 7.98. The average Bonchev–Trinajstić information content (AvgIpc) is 2.84. The van der Waals surface area contributed by atoms with Gasteiger partial charge < -0.3 is 5.32 Å². The Hall–Kier alpha value is -2.61. The van der Waals surface area contributed by atoms with Crippen molar-refractivity contribution < 1.29 is 13.2 Å². The van der Waals surface area contributed by atoms with Gasteiger partial charge in [0.25, 0.3) is 5.91 Å². The Bertz CT molecular complexity index is 1230. The van der Waals surface area contributed by atoms with Crippen molar-refractivity contribution in [3.63, 3.8) is 0 Å². The summed E-state index contributed by atoms with van der Waals surface area (Å²) < 4.78 is 27.8. The molecule has 0 saturated carbocycles. The zero-order valence-corrected chi connectivity index (χ0v) is 21.2. The molecule has 3 aromatic carbocycles. The number of anilines is 1. The third-order valence-electron chi connectivity index (χ3n) is 6.19. The quantitative estimate of drug-likeness (QED) is 0.412. The first-order valence-electron chi connectivity index (χ1n) is 11.5. The molecule has 1 saturated heterocycles. The van der Waals surface area contributed by atoms with Gasteiger partial charge in [0.05, 0.1) is 4.90 Å². The van der Waals surface area contributed by atoms with Crippen molar-refractivity contribution in [1.29, 1.82) is 0 Å². The predicted octanol–water partition coefficient (Wildman–Crippen LogP) is 5.96. The third kappa shape index (κ3) is 5.90. The molecule has 1 aliphatic heterocycles. The Morgan fingerprint density at radius 2 is 1.68 bits per heavy atom. The molecule has 0 aliphatic carbocycles. The van der Waals surface area contributed by atoms with Crippen LogP contribution in [0, 0.1) is 12.8 Å². The molecule has 1 aliphatic rings. The van der Waals surface area contributed by atoms with Crippen LogP contribution in [0.3, 0.4) is 0 Å². The van der Waals surface area contributed by atoms with E-state index < -0.39 is 10.0 Å². The van der Waals surface area contributed by atoms with E-state index in [9.17, 15) is 13.2 Å². The fraction of sp³-hybridized carbons (Fsp3) is 0.296. The van der Waals surface area contributed by atoms with Crippen molar-refractivity contribution in [2.24, 2.45) is 5.92 Å². The Morgan fingerprint density at radius 3 is 2.35 bits per heavy atom. The van der Waals surface area contributed by atoms with Gasteiger partial charge in [0, 0.05) is 35.0 Å². The van der Waals surface area contributed by atoms with Gasteiger partial charge in [-0.05, 0) is 73.2 Å². The number of hydrogen-bond acceptors (Lipinski definition) is 4. The summed E-state index contributed by atoms with van der Waals surface area (Å²) in [6, 6.07) is 22.8. The minimum absolute atomic E-state index is 0.172. The molecule has 1 amide bonds. The second kappa shape index (κ2) is 10.8. The van der Waals surface area contributed by atoms with Crippen LogP contribution in [0.2, 0.25) is 0 Å². The third-order valence-corrected chi connectivity index (χ3v) is 9.17. The summed E-state index contributed by atoms with van der Waals surface area (Å²) in [5.41, 5.74) is 2.94. The van der Waals surface area contributed by atoms with E-state index in [0.29, 0.717) is 30.3 Å². The molecule has 3 aromatic rings.